The predicted molar refractivity (Wildman–Crippen MR) is 62.3 cm³/mol. The molecule has 6 heteroatoms. The zero-order valence-electron chi connectivity index (χ0n) is 10.9. The SMILES string of the molecule is C=C(CN(CC)C1CCCCC1)[B-](F)(F)F.[K+]. The minimum Gasteiger partial charge on any atom is -0.445 e. The van der Waals surface area contributed by atoms with Crippen LogP contribution in [0.15, 0.2) is 12.1 Å². The van der Waals surface area contributed by atoms with Crippen molar-refractivity contribution in [3.8, 4) is 0 Å². The molecule has 0 saturated heterocycles. The molecule has 17 heavy (non-hydrogen) atoms. The van der Waals surface area contributed by atoms with Gasteiger partial charge < -0.3 is 12.9 Å². The van der Waals surface area contributed by atoms with Crippen LogP contribution in [-0.4, -0.2) is 31.0 Å². The van der Waals surface area contributed by atoms with Crippen molar-refractivity contribution in [2.24, 2.45) is 0 Å². The summed E-state index contributed by atoms with van der Waals surface area (Å²) in [7, 11) is 0. The van der Waals surface area contributed by atoms with E-state index in [0.29, 0.717) is 12.6 Å². The molecule has 1 aliphatic carbocycles. The third kappa shape index (κ3) is 6.25. The van der Waals surface area contributed by atoms with E-state index in [4.69, 9.17) is 0 Å². The first-order chi connectivity index (χ1) is 7.45. The van der Waals surface area contributed by atoms with Crippen molar-refractivity contribution < 1.29 is 64.3 Å². The van der Waals surface area contributed by atoms with Crippen LogP contribution >= 0.6 is 0 Å². The standard InChI is InChI=1S/C11H20BF3N.K/c1-3-16(9-10(2)12(13,14)15)11-7-5-4-6-8-11;/h11H,2-9H2,1H3;/q-1;+1. The summed E-state index contributed by atoms with van der Waals surface area (Å²) in [6.45, 7) is 0.885. The molecule has 1 fully saturated rings. The van der Waals surface area contributed by atoms with Crippen LogP contribution in [0, 0.1) is 0 Å². The van der Waals surface area contributed by atoms with Gasteiger partial charge in [-0.05, 0) is 25.9 Å². The molecule has 1 rings (SSSR count). The Labute approximate surface area is 145 Å². The summed E-state index contributed by atoms with van der Waals surface area (Å²) in [5, 5.41) is 0. The average molecular weight is 273 g/mol. The van der Waals surface area contributed by atoms with Gasteiger partial charge in [0.05, 0.1) is 0 Å². The molecule has 0 unspecified atom stereocenters. The Bertz CT molecular complexity index is 239. The fourth-order valence-electron chi connectivity index (χ4n) is 2.31. The van der Waals surface area contributed by atoms with Crippen molar-refractivity contribution in [1.82, 2.24) is 4.90 Å². The number of hydrogen-bond donors (Lipinski definition) is 0. The Morgan fingerprint density at radius 3 is 2.18 bits per heavy atom. The van der Waals surface area contributed by atoms with Gasteiger partial charge in [0, 0.05) is 6.04 Å². The largest absolute Gasteiger partial charge is 1.00 e. The maximum atomic E-state index is 12.4. The van der Waals surface area contributed by atoms with Crippen LogP contribution in [0.5, 0.6) is 0 Å². The Hall–Kier alpha value is 1.19. The zero-order valence-corrected chi connectivity index (χ0v) is 14.0. The maximum absolute atomic E-state index is 12.4. The fourth-order valence-corrected chi connectivity index (χ4v) is 2.31. The van der Waals surface area contributed by atoms with Gasteiger partial charge in [-0.2, -0.15) is 0 Å². The van der Waals surface area contributed by atoms with Crippen molar-refractivity contribution >= 4 is 6.98 Å². The molecule has 1 nitrogen and oxygen atoms in total. The molecule has 0 aliphatic heterocycles. The molecule has 0 aromatic rings. The molecular weight excluding hydrogens is 253 g/mol. The fraction of sp³-hybridized carbons (Fsp3) is 0.818. The van der Waals surface area contributed by atoms with Gasteiger partial charge in [0.1, 0.15) is 0 Å². The predicted octanol–water partition coefficient (Wildman–Crippen LogP) is 0.588. The molecule has 0 heterocycles. The molecule has 1 aliphatic rings. The van der Waals surface area contributed by atoms with Gasteiger partial charge in [0.15, 0.2) is 0 Å². The minimum atomic E-state index is -4.87. The van der Waals surface area contributed by atoms with E-state index in [-0.39, 0.29) is 57.9 Å². The van der Waals surface area contributed by atoms with Gasteiger partial charge >= 0.3 is 58.4 Å². The van der Waals surface area contributed by atoms with Gasteiger partial charge in [0.2, 0.25) is 0 Å². The summed E-state index contributed by atoms with van der Waals surface area (Å²) in [6, 6.07) is 0.327. The maximum Gasteiger partial charge on any atom is 1.00 e. The van der Waals surface area contributed by atoms with E-state index in [2.05, 4.69) is 6.58 Å². The van der Waals surface area contributed by atoms with Gasteiger partial charge in [-0.3, -0.25) is 4.90 Å². The van der Waals surface area contributed by atoms with Crippen molar-refractivity contribution in [2.75, 3.05) is 13.1 Å². The van der Waals surface area contributed by atoms with Crippen LogP contribution in [-0.2, 0) is 0 Å². The zero-order chi connectivity index (χ0) is 12.2. The first kappa shape index (κ1) is 18.2. The molecule has 0 spiro atoms. The van der Waals surface area contributed by atoms with Crippen LogP contribution in [0.25, 0.3) is 0 Å². The molecule has 0 N–H and O–H groups in total. The summed E-state index contributed by atoms with van der Waals surface area (Å²) >= 11 is 0. The van der Waals surface area contributed by atoms with Gasteiger partial charge in [-0.25, -0.2) is 0 Å². The van der Waals surface area contributed by atoms with Crippen molar-refractivity contribution in [2.45, 2.75) is 45.1 Å². The monoisotopic (exact) mass is 273 g/mol. The molecule has 0 radical (unpaired) electrons. The van der Waals surface area contributed by atoms with Crippen molar-refractivity contribution in [1.29, 1.82) is 0 Å². The van der Waals surface area contributed by atoms with E-state index >= 15 is 0 Å². The molecule has 0 aromatic carbocycles. The second-order valence-corrected chi connectivity index (χ2v) is 4.59. The first-order valence-corrected chi connectivity index (χ1v) is 6.06. The quantitative estimate of drug-likeness (QED) is 0.663. The van der Waals surface area contributed by atoms with Crippen LogP contribution in [0.2, 0.25) is 0 Å². The van der Waals surface area contributed by atoms with Crippen LogP contribution in [0.1, 0.15) is 39.0 Å². The summed E-state index contributed by atoms with van der Waals surface area (Å²) < 4.78 is 37.3. The normalized spacial score (nSPS) is 17.9. The van der Waals surface area contributed by atoms with E-state index in [1.807, 2.05) is 11.8 Å². The van der Waals surface area contributed by atoms with Crippen LogP contribution in [0.4, 0.5) is 12.9 Å². The second-order valence-electron chi connectivity index (χ2n) is 4.59. The van der Waals surface area contributed by atoms with Gasteiger partial charge in [0.25, 0.3) is 0 Å². The first-order valence-electron chi connectivity index (χ1n) is 6.06. The van der Waals surface area contributed by atoms with Gasteiger partial charge in [-0.1, -0.05) is 26.2 Å². The third-order valence-corrected chi connectivity index (χ3v) is 3.37. The van der Waals surface area contributed by atoms with E-state index < -0.39 is 12.4 Å². The number of likely N-dealkylation sites (N-methyl/N-ethyl adjacent to an activating group) is 1. The Morgan fingerprint density at radius 1 is 1.24 bits per heavy atom. The number of halogens is 3. The molecule has 1 saturated carbocycles. The molecule has 0 atom stereocenters. The summed E-state index contributed by atoms with van der Waals surface area (Å²) in [5.74, 6) is 0. The van der Waals surface area contributed by atoms with E-state index in [1.54, 1.807) is 0 Å². The number of hydrogen-bond acceptors (Lipinski definition) is 1. The van der Waals surface area contributed by atoms with Gasteiger partial charge in [-0.15, -0.1) is 12.1 Å². The average Bonchev–Trinajstić information content (AvgIpc) is 2.25. The Kier molecular flexibility index (Phi) is 8.97. The summed E-state index contributed by atoms with van der Waals surface area (Å²) in [6.07, 6.45) is 5.58. The Balaban J connectivity index is 0.00000256. The minimum absolute atomic E-state index is 0. The molecule has 0 bridgehead atoms. The number of nitrogens with zero attached hydrogens (tertiary/aromatic N) is 1. The summed E-state index contributed by atoms with van der Waals surface area (Å²) in [5.41, 5.74) is -0.563. The van der Waals surface area contributed by atoms with E-state index in [9.17, 15) is 12.9 Å². The topological polar surface area (TPSA) is 3.24 Å². The second kappa shape index (κ2) is 8.38. The van der Waals surface area contributed by atoms with Crippen LogP contribution in [0.3, 0.4) is 0 Å². The molecule has 94 valence electrons. The van der Waals surface area contributed by atoms with Crippen molar-refractivity contribution in [3.63, 3.8) is 0 Å². The third-order valence-electron chi connectivity index (χ3n) is 3.37. The Morgan fingerprint density at radius 2 is 1.76 bits per heavy atom. The smallest absolute Gasteiger partial charge is 0.445 e. The molecule has 0 amide bonds. The molecule has 0 aromatic heterocycles. The molecular formula is C11H20BF3KN. The van der Waals surface area contributed by atoms with Crippen molar-refractivity contribution in [3.05, 3.63) is 12.1 Å². The van der Waals surface area contributed by atoms with E-state index in [0.717, 1.165) is 25.7 Å². The number of rotatable bonds is 5. The van der Waals surface area contributed by atoms with E-state index in [1.165, 1.54) is 6.42 Å². The summed E-state index contributed by atoms with van der Waals surface area (Å²) in [4.78, 5) is 1.93. The van der Waals surface area contributed by atoms with Crippen LogP contribution < -0.4 is 51.4 Å².